The number of anilines is 1. The van der Waals surface area contributed by atoms with Crippen LogP contribution in [0.15, 0.2) is 36.4 Å². The van der Waals surface area contributed by atoms with Crippen molar-refractivity contribution < 1.29 is 19.1 Å². The van der Waals surface area contributed by atoms with E-state index in [1.807, 2.05) is 9.80 Å². The van der Waals surface area contributed by atoms with E-state index in [4.69, 9.17) is 21.1 Å². The zero-order chi connectivity index (χ0) is 25.3. The van der Waals surface area contributed by atoms with Gasteiger partial charge in [0.25, 0.3) is 0 Å². The predicted molar refractivity (Wildman–Crippen MR) is 140 cm³/mol. The summed E-state index contributed by atoms with van der Waals surface area (Å²) in [5, 5.41) is 3.36. The number of benzene rings is 2. The number of amides is 3. The molecule has 1 N–H and O–H groups in total. The fourth-order valence-corrected chi connectivity index (χ4v) is 6.31. The third-order valence-corrected chi connectivity index (χ3v) is 8.51. The van der Waals surface area contributed by atoms with Gasteiger partial charge in [-0.15, -0.1) is 0 Å². The molecule has 0 unspecified atom stereocenters. The van der Waals surface area contributed by atoms with Gasteiger partial charge in [-0.3, -0.25) is 4.79 Å². The van der Waals surface area contributed by atoms with Crippen molar-refractivity contribution in [2.45, 2.75) is 38.5 Å². The molecule has 2 heterocycles. The number of nitrogens with one attached hydrogen (secondary N) is 1. The Bertz CT molecular complexity index is 1120. The van der Waals surface area contributed by atoms with Gasteiger partial charge >= 0.3 is 6.03 Å². The number of ether oxygens (including phenoxy) is 2. The van der Waals surface area contributed by atoms with Gasteiger partial charge in [0, 0.05) is 38.7 Å². The van der Waals surface area contributed by atoms with Crippen molar-refractivity contribution in [1.29, 1.82) is 0 Å². The van der Waals surface area contributed by atoms with Crippen molar-refractivity contribution in [2.24, 2.45) is 11.3 Å². The first kappa shape index (κ1) is 24.8. The second kappa shape index (κ2) is 10.2. The summed E-state index contributed by atoms with van der Waals surface area (Å²) in [6.45, 7) is 2.95. The van der Waals surface area contributed by atoms with E-state index in [9.17, 15) is 9.59 Å². The Morgan fingerprint density at radius 3 is 2.19 bits per heavy atom. The fourth-order valence-electron chi connectivity index (χ4n) is 6.07. The van der Waals surface area contributed by atoms with Crippen LogP contribution in [0.3, 0.4) is 0 Å². The quantitative estimate of drug-likeness (QED) is 0.612. The van der Waals surface area contributed by atoms with Crippen LogP contribution in [0, 0.1) is 11.3 Å². The summed E-state index contributed by atoms with van der Waals surface area (Å²) in [7, 11) is 3.08. The maximum atomic E-state index is 13.1. The molecule has 2 aromatic rings. The zero-order valence-corrected chi connectivity index (χ0v) is 21.8. The van der Waals surface area contributed by atoms with Gasteiger partial charge in [0.05, 0.1) is 24.9 Å². The summed E-state index contributed by atoms with van der Waals surface area (Å²) in [5.74, 6) is 1.68. The highest BCUT2D eigenvalue weighted by Crippen LogP contribution is 2.42. The number of halogens is 1. The Morgan fingerprint density at radius 2 is 1.58 bits per heavy atom. The lowest BCUT2D eigenvalue weighted by Crippen LogP contribution is -2.45. The first-order chi connectivity index (χ1) is 17.4. The molecule has 0 saturated carbocycles. The fraction of sp³-hybridized carbons (Fsp3) is 0.500. The molecule has 2 fully saturated rings. The third kappa shape index (κ3) is 4.99. The minimum atomic E-state index is -0.161. The Morgan fingerprint density at radius 1 is 0.972 bits per heavy atom. The molecule has 2 aromatic carbocycles. The van der Waals surface area contributed by atoms with Crippen LogP contribution in [0.1, 0.15) is 36.8 Å². The molecule has 0 atom stereocenters. The highest BCUT2D eigenvalue weighted by molar-refractivity contribution is 6.32. The summed E-state index contributed by atoms with van der Waals surface area (Å²) in [6, 6.07) is 11.7. The molecule has 192 valence electrons. The predicted octanol–water partition coefficient (Wildman–Crippen LogP) is 5.01. The molecule has 0 bridgehead atoms. The van der Waals surface area contributed by atoms with Crippen molar-refractivity contribution in [3.05, 3.63) is 52.5 Å². The third-order valence-electron chi connectivity index (χ3n) is 8.22. The molecule has 1 aliphatic carbocycles. The maximum Gasteiger partial charge on any atom is 0.321 e. The van der Waals surface area contributed by atoms with E-state index in [-0.39, 0.29) is 17.4 Å². The Hall–Kier alpha value is -2.93. The largest absolute Gasteiger partial charge is 0.495 e. The highest BCUT2D eigenvalue weighted by atomic mass is 35.5. The molecule has 2 aliphatic heterocycles. The van der Waals surface area contributed by atoms with Crippen LogP contribution in [-0.2, 0) is 17.6 Å². The van der Waals surface area contributed by atoms with Crippen LogP contribution in [-0.4, -0.2) is 62.1 Å². The Labute approximate surface area is 217 Å². The SMILES string of the molecule is COc1cc(OC)c(NC(=O)N2CCC3(CCN(C(=O)CC4Cc5ccccc5C4)CC3)C2)cc1Cl. The smallest absolute Gasteiger partial charge is 0.321 e. The van der Waals surface area contributed by atoms with Gasteiger partial charge in [0.1, 0.15) is 11.5 Å². The highest BCUT2D eigenvalue weighted by Gasteiger charge is 2.43. The second-order valence-corrected chi connectivity index (χ2v) is 10.8. The first-order valence-electron chi connectivity index (χ1n) is 12.7. The van der Waals surface area contributed by atoms with Crippen molar-refractivity contribution in [3.8, 4) is 11.5 Å². The van der Waals surface area contributed by atoms with Gasteiger partial charge in [-0.25, -0.2) is 4.79 Å². The van der Waals surface area contributed by atoms with E-state index >= 15 is 0 Å². The van der Waals surface area contributed by atoms with Crippen LogP contribution in [0.5, 0.6) is 11.5 Å². The van der Waals surface area contributed by atoms with E-state index in [1.54, 1.807) is 19.2 Å². The van der Waals surface area contributed by atoms with Gasteiger partial charge in [-0.2, -0.15) is 0 Å². The van der Waals surface area contributed by atoms with Gasteiger partial charge in [-0.05, 0) is 60.6 Å². The molecule has 5 rings (SSSR count). The number of carbonyl (C=O) groups is 2. The first-order valence-corrected chi connectivity index (χ1v) is 13.1. The lowest BCUT2D eigenvalue weighted by Gasteiger charge is -2.39. The van der Waals surface area contributed by atoms with E-state index in [1.165, 1.54) is 18.2 Å². The second-order valence-electron chi connectivity index (χ2n) is 10.4. The average molecular weight is 512 g/mol. The molecule has 7 nitrogen and oxygen atoms in total. The van der Waals surface area contributed by atoms with Gasteiger partial charge < -0.3 is 24.6 Å². The summed E-state index contributed by atoms with van der Waals surface area (Å²) in [5.41, 5.74) is 3.39. The minimum Gasteiger partial charge on any atom is -0.495 e. The lowest BCUT2D eigenvalue weighted by molar-refractivity contribution is -0.134. The summed E-state index contributed by atoms with van der Waals surface area (Å²) in [6.07, 6.45) is 5.47. The van der Waals surface area contributed by atoms with Crippen molar-refractivity contribution in [3.63, 3.8) is 0 Å². The summed E-state index contributed by atoms with van der Waals surface area (Å²) >= 11 is 6.26. The van der Waals surface area contributed by atoms with Crippen molar-refractivity contribution >= 4 is 29.2 Å². The topological polar surface area (TPSA) is 71.1 Å². The molecule has 0 aromatic heterocycles. The van der Waals surface area contributed by atoms with E-state index < -0.39 is 0 Å². The normalized spacial score (nSPS) is 18.9. The number of hydrogen-bond acceptors (Lipinski definition) is 4. The zero-order valence-electron chi connectivity index (χ0n) is 21.0. The van der Waals surface area contributed by atoms with E-state index in [0.717, 1.165) is 45.2 Å². The molecule has 1 spiro atoms. The lowest BCUT2D eigenvalue weighted by atomic mass is 9.77. The van der Waals surface area contributed by atoms with Crippen LogP contribution in [0.2, 0.25) is 5.02 Å². The van der Waals surface area contributed by atoms with Crippen LogP contribution < -0.4 is 14.8 Å². The molecule has 3 aliphatic rings. The molecule has 8 heteroatoms. The monoisotopic (exact) mass is 511 g/mol. The number of nitrogens with zero attached hydrogens (tertiary/aromatic N) is 2. The van der Waals surface area contributed by atoms with E-state index in [0.29, 0.717) is 47.6 Å². The van der Waals surface area contributed by atoms with Crippen LogP contribution >= 0.6 is 11.6 Å². The number of rotatable bonds is 5. The number of likely N-dealkylation sites (tertiary alicyclic amines) is 2. The molecular formula is C28H34ClN3O4. The van der Waals surface area contributed by atoms with Gasteiger partial charge in [0.2, 0.25) is 5.91 Å². The minimum absolute atomic E-state index is 0.0827. The van der Waals surface area contributed by atoms with Gasteiger partial charge in [-0.1, -0.05) is 35.9 Å². The number of urea groups is 1. The number of methoxy groups -OCH3 is 2. The average Bonchev–Trinajstić information content (AvgIpc) is 3.48. The number of hydrogen-bond donors (Lipinski definition) is 1. The van der Waals surface area contributed by atoms with Gasteiger partial charge in [0.15, 0.2) is 0 Å². The van der Waals surface area contributed by atoms with Crippen LogP contribution in [0.25, 0.3) is 0 Å². The molecule has 36 heavy (non-hydrogen) atoms. The maximum absolute atomic E-state index is 13.1. The van der Waals surface area contributed by atoms with Crippen LogP contribution in [0.4, 0.5) is 10.5 Å². The molecule has 3 amide bonds. The molecule has 0 radical (unpaired) electrons. The summed E-state index contributed by atoms with van der Waals surface area (Å²) < 4.78 is 10.6. The van der Waals surface area contributed by atoms with Crippen molar-refractivity contribution in [1.82, 2.24) is 9.80 Å². The molecule has 2 saturated heterocycles. The van der Waals surface area contributed by atoms with Crippen molar-refractivity contribution in [2.75, 3.05) is 45.7 Å². The van der Waals surface area contributed by atoms with E-state index in [2.05, 4.69) is 29.6 Å². The molecular weight excluding hydrogens is 478 g/mol. The number of fused-ring (bicyclic) bond motifs is 1. The standard InChI is InChI=1S/C28H34ClN3O4/c1-35-24-17-25(36-2)23(16-22(24)29)30-27(34)32-12-9-28(18-32)7-10-31(11-8-28)26(33)15-19-13-20-5-3-4-6-21(20)14-19/h3-6,16-17,19H,7-15,18H2,1-2H3,(H,30,34). The summed E-state index contributed by atoms with van der Waals surface area (Å²) in [4.78, 5) is 30.0. The Balaban J connectivity index is 1.13. The number of carbonyl (C=O) groups excluding carboxylic acids is 2. The Kier molecular flexibility index (Phi) is 7.02. The number of piperidine rings is 1.